The first-order valence-electron chi connectivity index (χ1n) is 7.70. The van der Waals surface area contributed by atoms with Gasteiger partial charge in [-0.2, -0.15) is 0 Å². The summed E-state index contributed by atoms with van der Waals surface area (Å²) in [5, 5.41) is 9.66. The van der Waals surface area contributed by atoms with Crippen molar-refractivity contribution in [1.29, 1.82) is 0 Å². The zero-order chi connectivity index (χ0) is 18.0. The number of carboxylic acids is 1. The molecule has 0 radical (unpaired) electrons. The second-order valence-corrected chi connectivity index (χ2v) is 6.95. The van der Waals surface area contributed by atoms with Crippen molar-refractivity contribution in [2.45, 2.75) is 4.90 Å². The fourth-order valence-corrected chi connectivity index (χ4v) is 4.47. The largest absolute Gasteiger partial charge is 0.493 e. The summed E-state index contributed by atoms with van der Waals surface area (Å²) in [5.41, 5.74) is 2.46. The van der Waals surface area contributed by atoms with Crippen molar-refractivity contribution in [3.05, 3.63) is 53.2 Å². The van der Waals surface area contributed by atoms with Gasteiger partial charge in [-0.1, -0.05) is 24.3 Å². The Balaban J connectivity index is 2.30. The first-order chi connectivity index (χ1) is 12.1. The Morgan fingerprint density at radius 3 is 2.24 bits per heavy atom. The molecule has 2 aromatic rings. The van der Waals surface area contributed by atoms with Crippen LogP contribution >= 0.6 is 11.9 Å². The lowest BCUT2D eigenvalue weighted by Crippen LogP contribution is -2.20. The number of rotatable bonds is 5. The Labute approximate surface area is 149 Å². The number of ether oxygens (including phenoxy) is 3. The molecule has 0 saturated heterocycles. The van der Waals surface area contributed by atoms with Crippen molar-refractivity contribution < 1.29 is 24.1 Å². The quantitative estimate of drug-likeness (QED) is 0.847. The van der Waals surface area contributed by atoms with Gasteiger partial charge in [0.2, 0.25) is 5.75 Å². The summed E-state index contributed by atoms with van der Waals surface area (Å²) in [6.07, 6.45) is 0. The lowest BCUT2D eigenvalue weighted by Gasteiger charge is -2.26. The summed E-state index contributed by atoms with van der Waals surface area (Å²) in [7, 11) is 4.60. The first kappa shape index (κ1) is 17.0. The van der Waals surface area contributed by atoms with E-state index in [0.29, 0.717) is 28.4 Å². The molecule has 6 nitrogen and oxygen atoms in total. The normalized spacial score (nSPS) is 13.2. The van der Waals surface area contributed by atoms with Crippen molar-refractivity contribution in [3.63, 3.8) is 0 Å². The molecular formula is C18H21NO5S. The molecule has 0 aromatic heterocycles. The van der Waals surface area contributed by atoms with Crippen molar-refractivity contribution in [2.75, 3.05) is 21.3 Å². The topological polar surface area (TPSA) is 77.0 Å². The second-order valence-electron chi connectivity index (χ2n) is 5.48. The maximum atomic E-state index is 11.8. The molecule has 0 amide bonds. The van der Waals surface area contributed by atoms with Crippen LogP contribution in [0.25, 0.3) is 5.57 Å². The smallest absolute Gasteiger partial charge is 0.353 e. The lowest BCUT2D eigenvalue weighted by atomic mass is 9.95. The molecule has 134 valence electrons. The Kier molecular flexibility index (Phi) is 4.76. The zero-order valence-electron chi connectivity index (χ0n) is 14.3. The molecule has 7 heteroatoms. The van der Waals surface area contributed by atoms with E-state index in [0.717, 1.165) is 10.5 Å². The van der Waals surface area contributed by atoms with Crippen molar-refractivity contribution in [3.8, 4) is 17.2 Å². The fourth-order valence-electron chi connectivity index (χ4n) is 3.03. The molecule has 25 heavy (non-hydrogen) atoms. The van der Waals surface area contributed by atoms with Crippen molar-refractivity contribution in [2.24, 2.45) is 0 Å². The summed E-state index contributed by atoms with van der Waals surface area (Å²) in [6, 6.07) is 11.4. The summed E-state index contributed by atoms with van der Waals surface area (Å²) >= 11 is -0.888. The molecule has 0 aliphatic carbocycles. The van der Waals surface area contributed by atoms with Crippen LogP contribution in [0.1, 0.15) is 11.1 Å². The Morgan fingerprint density at radius 2 is 1.68 bits per heavy atom. The van der Waals surface area contributed by atoms with Crippen LogP contribution in [0.15, 0.2) is 47.0 Å². The number of hydrogen-bond donors (Lipinski definition) is 2. The maximum Gasteiger partial charge on any atom is 0.353 e. The predicted octanol–water partition coefficient (Wildman–Crippen LogP) is 2.10. The van der Waals surface area contributed by atoms with Crippen LogP contribution in [0.4, 0.5) is 0 Å². The summed E-state index contributed by atoms with van der Waals surface area (Å²) in [6.45, 7) is 0. The van der Waals surface area contributed by atoms with Crippen LogP contribution in [0.3, 0.4) is 0 Å². The average Bonchev–Trinajstić information content (AvgIpc) is 2.65. The highest BCUT2D eigenvalue weighted by Gasteiger charge is 2.25. The van der Waals surface area contributed by atoms with Crippen molar-refractivity contribution in [1.82, 2.24) is 4.72 Å². The molecule has 0 fully saturated rings. The van der Waals surface area contributed by atoms with Crippen LogP contribution < -0.4 is 18.9 Å². The minimum atomic E-state index is -0.981. The van der Waals surface area contributed by atoms with Crippen LogP contribution in [-0.4, -0.2) is 32.4 Å². The van der Waals surface area contributed by atoms with E-state index in [1.54, 1.807) is 12.1 Å². The van der Waals surface area contributed by atoms with E-state index in [1.165, 1.54) is 21.3 Å². The monoisotopic (exact) mass is 363 g/mol. The summed E-state index contributed by atoms with van der Waals surface area (Å²) in [4.78, 5) is 13.0. The highest BCUT2D eigenvalue weighted by atomic mass is 32.2. The molecule has 1 heterocycles. The van der Waals surface area contributed by atoms with E-state index < -0.39 is 17.9 Å². The van der Waals surface area contributed by atoms with Crippen LogP contribution in [0.5, 0.6) is 17.2 Å². The highest BCUT2D eigenvalue weighted by Crippen LogP contribution is 2.44. The van der Waals surface area contributed by atoms with Gasteiger partial charge in [-0.15, -0.1) is 0 Å². The molecule has 0 unspecified atom stereocenters. The molecule has 2 N–H and O–H groups in total. The molecule has 0 atom stereocenters. The SMILES string of the molecule is COc1cc(C2=C(C(=O)O)N[SH4]c3ccccc32)cc(OC)c1OC. The van der Waals surface area contributed by atoms with E-state index in [-0.39, 0.29) is 5.70 Å². The van der Waals surface area contributed by atoms with Crippen LogP contribution in [-0.2, 0) is 4.79 Å². The number of carbonyl (C=O) groups is 1. The van der Waals surface area contributed by atoms with E-state index >= 15 is 0 Å². The Morgan fingerprint density at radius 1 is 1.04 bits per heavy atom. The number of carboxylic acid groups (broad SMARTS) is 1. The third-order valence-electron chi connectivity index (χ3n) is 4.16. The predicted molar refractivity (Wildman–Crippen MR) is 101 cm³/mol. The summed E-state index contributed by atoms with van der Waals surface area (Å²) in [5.74, 6) is 0.451. The molecular weight excluding hydrogens is 342 g/mol. The third-order valence-corrected chi connectivity index (χ3v) is 5.69. The fraction of sp³-hybridized carbons (Fsp3) is 0.167. The van der Waals surface area contributed by atoms with E-state index in [9.17, 15) is 9.90 Å². The van der Waals surface area contributed by atoms with Gasteiger partial charge in [0.1, 0.15) is 5.70 Å². The highest BCUT2D eigenvalue weighted by molar-refractivity contribution is 7.97. The number of methoxy groups -OCH3 is 3. The molecule has 1 aliphatic rings. The Hall–Kier alpha value is -2.80. The van der Waals surface area contributed by atoms with Gasteiger partial charge in [0, 0.05) is 5.57 Å². The van der Waals surface area contributed by atoms with E-state index in [4.69, 9.17) is 14.2 Å². The van der Waals surface area contributed by atoms with Gasteiger partial charge in [-0.25, -0.2) is 16.7 Å². The minimum Gasteiger partial charge on any atom is -0.493 e. The minimum absolute atomic E-state index is 0.208. The number of benzene rings is 2. The lowest BCUT2D eigenvalue weighted by molar-refractivity contribution is -0.132. The number of fused-ring (bicyclic) bond motifs is 1. The van der Waals surface area contributed by atoms with E-state index in [1.807, 2.05) is 24.3 Å². The molecule has 0 bridgehead atoms. The van der Waals surface area contributed by atoms with Gasteiger partial charge < -0.3 is 24.0 Å². The molecule has 3 rings (SSSR count). The Bertz CT molecular complexity index is 837. The van der Waals surface area contributed by atoms with Gasteiger partial charge >= 0.3 is 5.97 Å². The van der Waals surface area contributed by atoms with Crippen LogP contribution in [0.2, 0.25) is 0 Å². The maximum absolute atomic E-state index is 11.8. The van der Waals surface area contributed by atoms with Crippen molar-refractivity contribution >= 4 is 23.5 Å². The van der Waals surface area contributed by atoms with Gasteiger partial charge in [-0.05, 0) is 28.2 Å². The third kappa shape index (κ3) is 2.98. The molecule has 2 aromatic carbocycles. The van der Waals surface area contributed by atoms with Gasteiger partial charge in [0.05, 0.1) is 21.3 Å². The number of hydrogen-bond acceptors (Lipinski definition) is 5. The summed E-state index contributed by atoms with van der Waals surface area (Å²) < 4.78 is 19.3. The first-order valence-corrected chi connectivity index (χ1v) is 9.12. The second kappa shape index (κ2) is 6.98. The van der Waals surface area contributed by atoms with Crippen LogP contribution in [0, 0.1) is 0 Å². The van der Waals surface area contributed by atoms with Gasteiger partial charge in [-0.3, -0.25) is 0 Å². The standard InChI is InChI=1S/C18H21NO5S/c1-22-12-8-10(9-13(23-2)17(12)24-3)15-11-6-4-5-7-14(11)25-19-16(15)18(20)21/h4-9,19H,1-3H3,25H4,(H,20,21). The molecule has 0 spiro atoms. The average molecular weight is 363 g/mol. The van der Waals surface area contributed by atoms with Gasteiger partial charge in [0.25, 0.3) is 0 Å². The number of aliphatic carboxylic acids is 1. The zero-order valence-corrected chi connectivity index (χ0v) is 15.7. The molecule has 0 saturated carbocycles. The number of nitrogens with one attached hydrogen (secondary N) is 1. The van der Waals surface area contributed by atoms with Gasteiger partial charge in [0.15, 0.2) is 11.5 Å². The van der Waals surface area contributed by atoms with E-state index in [2.05, 4.69) is 4.72 Å². The molecule has 1 aliphatic heterocycles.